The van der Waals surface area contributed by atoms with E-state index in [1.54, 1.807) is 35.0 Å². The minimum atomic E-state index is -1.00. The zero-order valence-corrected chi connectivity index (χ0v) is 44.5. The Morgan fingerprint density at radius 1 is 0.597 bits per heavy atom. The summed E-state index contributed by atoms with van der Waals surface area (Å²) < 4.78 is 48.3. The van der Waals surface area contributed by atoms with Crippen LogP contribution in [-0.4, -0.2) is 68.1 Å². The molecule has 0 aliphatic rings. The van der Waals surface area contributed by atoms with E-state index in [4.69, 9.17) is 29.2 Å². The molecule has 4 aromatic carbocycles. The molecule has 0 aliphatic carbocycles. The maximum atomic E-state index is 13.5. The molecule has 0 unspecified atom stereocenters. The van der Waals surface area contributed by atoms with E-state index in [2.05, 4.69) is 29.9 Å². The van der Waals surface area contributed by atoms with Crippen LogP contribution in [0.3, 0.4) is 0 Å². The van der Waals surface area contributed by atoms with E-state index in [1.165, 1.54) is 97.6 Å². The number of rotatable bonds is 18. The summed E-state index contributed by atoms with van der Waals surface area (Å²) in [6, 6.07) is 20.9. The smallest absolute Gasteiger partial charge is 0.856 e. The van der Waals surface area contributed by atoms with Crippen LogP contribution in [0.2, 0.25) is 0 Å². The summed E-state index contributed by atoms with van der Waals surface area (Å²) in [4.78, 5) is 69.2. The number of carbonyl (C=O) groups is 2. The van der Waals surface area contributed by atoms with Crippen molar-refractivity contribution < 1.29 is 117 Å². The van der Waals surface area contributed by atoms with Crippen molar-refractivity contribution in [3.8, 4) is 11.5 Å². The predicted octanol–water partition coefficient (Wildman–Crippen LogP) is -0.283. The van der Waals surface area contributed by atoms with Crippen molar-refractivity contribution in [2.75, 3.05) is 14.2 Å². The van der Waals surface area contributed by atoms with Gasteiger partial charge >= 0.3 is 71.1 Å². The molecule has 0 radical (unpaired) electrons. The van der Waals surface area contributed by atoms with E-state index in [9.17, 15) is 38.2 Å². The van der Waals surface area contributed by atoms with Crippen molar-refractivity contribution in [2.24, 2.45) is 9.98 Å². The van der Waals surface area contributed by atoms with E-state index >= 15 is 0 Å². The quantitative estimate of drug-likeness (QED) is 0.0489. The van der Waals surface area contributed by atoms with Gasteiger partial charge in [0.2, 0.25) is 0 Å². The molecule has 0 saturated heterocycles. The first-order valence-corrected chi connectivity index (χ1v) is 22.4. The molecule has 4 heterocycles. The van der Waals surface area contributed by atoms with Crippen molar-refractivity contribution >= 4 is 66.8 Å². The summed E-state index contributed by atoms with van der Waals surface area (Å²) in [5.74, 6) is -4.75. The number of aliphatic imine (C=N–C) groups is 2. The fourth-order valence-electron chi connectivity index (χ4n) is 6.55. The molecule has 4 aromatic heterocycles. The number of benzene rings is 4. The fraction of sp³-hybridized carbons (Fsp3) is 0.167. The number of nitrogens with zero attached hydrogens (tertiary/aromatic N) is 4. The van der Waals surface area contributed by atoms with Crippen LogP contribution in [0.4, 0.5) is 8.78 Å². The molecule has 18 nitrogen and oxygen atoms in total. The average molecular weight is 1040 g/mol. The zero-order valence-electron chi connectivity index (χ0n) is 38.8. The SMILES string of the molecule is COc1cc(CN=C([O-])c2nc3scc(COCc4ccc(C(=O)O)cc4)c3c(=O)[nH]2)ccc1F.COc1cc(CN=C([O-])c2nc3scc(COCc4ccc(C(=O)O)cc4)c3c(=O)[nH]2)ccc1F.[Na+].[Na+]. The van der Waals surface area contributed by atoms with Gasteiger partial charge in [-0.25, -0.2) is 28.3 Å². The van der Waals surface area contributed by atoms with Gasteiger partial charge in [0.25, 0.3) is 11.1 Å². The molecule has 4 N–H and O–H groups in total. The summed E-state index contributed by atoms with van der Waals surface area (Å²) >= 11 is 2.41. The Morgan fingerprint density at radius 3 is 1.31 bits per heavy atom. The number of ether oxygens (including phenoxy) is 4. The van der Waals surface area contributed by atoms with Crippen LogP contribution in [0, 0.1) is 11.6 Å². The number of nitrogens with one attached hydrogen (secondary N) is 2. The summed E-state index contributed by atoms with van der Waals surface area (Å²) in [6.45, 7) is 0.659. The average Bonchev–Trinajstić information content (AvgIpc) is 3.98. The molecule has 360 valence electrons. The largest absolute Gasteiger partial charge is 1.00 e. The van der Waals surface area contributed by atoms with Gasteiger partial charge in [-0.1, -0.05) is 36.4 Å². The first kappa shape index (κ1) is 56.7. The van der Waals surface area contributed by atoms with Crippen LogP contribution in [0.5, 0.6) is 11.5 Å². The molecule has 8 aromatic rings. The van der Waals surface area contributed by atoms with Crippen molar-refractivity contribution in [3.63, 3.8) is 0 Å². The normalized spacial score (nSPS) is 11.3. The third kappa shape index (κ3) is 14.5. The molecule has 0 fully saturated rings. The second kappa shape index (κ2) is 26.5. The number of carboxylic acid groups (broad SMARTS) is 2. The Hall–Kier alpha value is -6.18. The number of hydrogen-bond donors (Lipinski definition) is 4. The Labute approximate surface area is 459 Å². The number of H-pyrrole nitrogens is 2. The van der Waals surface area contributed by atoms with E-state index in [1.807, 2.05) is 0 Å². The standard InChI is InChI=1S/2C24H20FN3O6S.2Na/c2*1-33-18-8-14(4-7-17(18)25)9-26-22(30)20-27-21(29)19-16(12-35-23(19)28-20)11-34-10-13-2-5-15(6-3-13)24(31)32;;/h2*2-8,12H,9-11H2,1H3,(H,26,30)(H,31,32)(H,27,28,29);;/q;;2*+1/p-2. The molecule has 24 heteroatoms. The minimum absolute atomic E-state index is 0. The van der Waals surface area contributed by atoms with Gasteiger partial charge in [0, 0.05) is 22.9 Å². The van der Waals surface area contributed by atoms with E-state index < -0.39 is 46.5 Å². The number of methoxy groups -OCH3 is 2. The van der Waals surface area contributed by atoms with E-state index in [-0.39, 0.29) is 133 Å². The third-order valence-electron chi connectivity index (χ3n) is 10.1. The topological polar surface area (TPSA) is 274 Å². The minimum Gasteiger partial charge on any atom is -0.856 e. The van der Waals surface area contributed by atoms with Gasteiger partial charge in [-0.05, 0) is 81.5 Å². The Balaban J connectivity index is 0.000000260. The number of aromatic carboxylic acids is 2. The van der Waals surface area contributed by atoms with E-state index in [0.29, 0.717) is 42.7 Å². The number of aromatic nitrogens is 4. The van der Waals surface area contributed by atoms with Crippen molar-refractivity contribution in [1.29, 1.82) is 0 Å². The van der Waals surface area contributed by atoms with Gasteiger partial charge in [-0.2, -0.15) is 0 Å². The predicted molar refractivity (Wildman–Crippen MR) is 251 cm³/mol. The molecule has 0 atom stereocenters. The summed E-state index contributed by atoms with van der Waals surface area (Å²) in [5, 5.41) is 47.0. The molecule has 72 heavy (non-hydrogen) atoms. The monoisotopic (exact) mass is 1040 g/mol. The zero-order chi connectivity index (χ0) is 49.9. The number of hydrogen-bond acceptors (Lipinski definition) is 16. The number of halogens is 2. The van der Waals surface area contributed by atoms with Gasteiger partial charge < -0.3 is 49.3 Å². The van der Waals surface area contributed by atoms with Crippen LogP contribution in [0.25, 0.3) is 20.4 Å². The van der Waals surface area contributed by atoms with Gasteiger partial charge in [0.05, 0.1) is 75.6 Å². The van der Waals surface area contributed by atoms with Gasteiger partial charge in [0.15, 0.2) is 23.1 Å². The first-order chi connectivity index (χ1) is 33.7. The maximum absolute atomic E-state index is 13.5. The first-order valence-electron chi connectivity index (χ1n) is 20.6. The van der Waals surface area contributed by atoms with Crippen molar-refractivity contribution in [3.05, 3.63) is 184 Å². The molecule has 0 aliphatic heterocycles. The summed E-state index contributed by atoms with van der Waals surface area (Å²) in [7, 11) is 2.68. The fourth-order valence-corrected chi connectivity index (χ4v) is 8.41. The van der Waals surface area contributed by atoms with Gasteiger partial charge in [0.1, 0.15) is 21.3 Å². The number of fused-ring (bicyclic) bond motifs is 2. The Bertz CT molecular complexity index is 3160. The molecule has 0 spiro atoms. The van der Waals surface area contributed by atoms with E-state index in [0.717, 1.165) is 11.1 Å². The third-order valence-corrected chi connectivity index (χ3v) is 12.0. The van der Waals surface area contributed by atoms with Crippen molar-refractivity contribution in [2.45, 2.75) is 39.5 Å². The summed E-state index contributed by atoms with van der Waals surface area (Å²) in [5.41, 5.74) is 3.34. The van der Waals surface area contributed by atoms with Crippen LogP contribution < -0.4 is 89.9 Å². The number of thiophene rings is 2. The van der Waals surface area contributed by atoms with Crippen LogP contribution in [0.1, 0.15) is 65.7 Å². The number of carboxylic acids is 2. The van der Waals surface area contributed by atoms with Crippen LogP contribution in [-0.2, 0) is 49.0 Å². The number of aromatic amines is 2. The molecular weight excluding hydrogens is 1000 g/mol. The van der Waals surface area contributed by atoms with Gasteiger partial charge in [-0.15, -0.1) is 22.7 Å². The second-order valence-electron chi connectivity index (χ2n) is 14.9. The Kier molecular flexibility index (Phi) is 20.9. The van der Waals surface area contributed by atoms with Crippen LogP contribution in [0.15, 0.2) is 115 Å². The Morgan fingerprint density at radius 2 is 0.958 bits per heavy atom. The molecule has 0 amide bonds. The molecule has 0 saturated carbocycles. The second-order valence-corrected chi connectivity index (χ2v) is 16.6. The molecule has 0 bridgehead atoms. The van der Waals surface area contributed by atoms with Crippen molar-refractivity contribution in [1.82, 2.24) is 19.9 Å². The van der Waals surface area contributed by atoms with Gasteiger partial charge in [-0.3, -0.25) is 19.6 Å². The summed E-state index contributed by atoms with van der Waals surface area (Å²) in [6.07, 6.45) is 0. The molecule has 8 rings (SSSR count). The molecular formula is C48H38F2N6Na2O12S2. The van der Waals surface area contributed by atoms with Crippen LogP contribution >= 0.6 is 22.7 Å². The maximum Gasteiger partial charge on any atom is 1.00 e.